The van der Waals surface area contributed by atoms with Gasteiger partial charge >= 0.3 is 0 Å². The highest BCUT2D eigenvalue weighted by atomic mass is 79.9. The number of para-hydroxylation sites is 1. The molecule has 0 spiro atoms. The Kier molecular flexibility index (Phi) is 8.01. The number of rotatable bonds is 8. The summed E-state index contributed by atoms with van der Waals surface area (Å²) >= 11 is 3.47. The maximum Gasteiger partial charge on any atom is 0.266 e. The Balaban J connectivity index is 1.96. The maximum atomic E-state index is 13.9. The number of fused-ring (bicyclic) bond motifs is 1. The summed E-state index contributed by atoms with van der Waals surface area (Å²) in [6.07, 6.45) is 0.569. The molecule has 186 valence electrons. The number of hydrogen-bond donors (Lipinski definition) is 0. The molecular formula is C29H30BrN3O3. The molecule has 4 rings (SSSR count). The van der Waals surface area contributed by atoms with E-state index in [1.807, 2.05) is 69.3 Å². The van der Waals surface area contributed by atoms with E-state index in [-0.39, 0.29) is 11.5 Å². The first kappa shape index (κ1) is 25.8. The van der Waals surface area contributed by atoms with Crippen molar-refractivity contribution in [2.75, 3.05) is 20.3 Å². The van der Waals surface area contributed by atoms with Gasteiger partial charge in [0, 0.05) is 23.7 Å². The van der Waals surface area contributed by atoms with Gasteiger partial charge in [-0.25, -0.2) is 4.98 Å². The highest BCUT2D eigenvalue weighted by molar-refractivity contribution is 9.10. The largest absolute Gasteiger partial charge is 0.383 e. The average Bonchev–Trinajstić information content (AvgIpc) is 2.88. The number of aromatic nitrogens is 2. The van der Waals surface area contributed by atoms with Crippen molar-refractivity contribution in [2.45, 2.75) is 33.2 Å². The maximum absolute atomic E-state index is 13.9. The van der Waals surface area contributed by atoms with Gasteiger partial charge in [0.15, 0.2) is 0 Å². The van der Waals surface area contributed by atoms with E-state index in [0.717, 1.165) is 21.3 Å². The molecule has 0 saturated carbocycles. The van der Waals surface area contributed by atoms with Crippen molar-refractivity contribution in [3.05, 3.63) is 104 Å². The minimum atomic E-state index is -0.453. The number of ether oxygens (including phenoxy) is 1. The van der Waals surface area contributed by atoms with Crippen LogP contribution in [0.1, 0.15) is 46.7 Å². The summed E-state index contributed by atoms with van der Waals surface area (Å²) < 4.78 is 7.85. The fraction of sp³-hybridized carbons (Fsp3) is 0.276. The van der Waals surface area contributed by atoms with Crippen LogP contribution in [-0.4, -0.2) is 40.6 Å². The van der Waals surface area contributed by atoms with E-state index in [4.69, 9.17) is 9.72 Å². The zero-order valence-electron chi connectivity index (χ0n) is 21.0. The smallest absolute Gasteiger partial charge is 0.266 e. The molecule has 1 heterocycles. The van der Waals surface area contributed by atoms with Crippen molar-refractivity contribution in [1.29, 1.82) is 0 Å². The Bertz CT molecular complexity index is 1460. The monoisotopic (exact) mass is 547 g/mol. The number of halogens is 1. The lowest BCUT2D eigenvalue weighted by Crippen LogP contribution is -2.40. The van der Waals surface area contributed by atoms with Crippen molar-refractivity contribution in [3.8, 4) is 5.69 Å². The number of hydrogen-bond acceptors (Lipinski definition) is 4. The van der Waals surface area contributed by atoms with Gasteiger partial charge in [-0.1, -0.05) is 47.1 Å². The van der Waals surface area contributed by atoms with Crippen LogP contribution in [0.5, 0.6) is 0 Å². The molecule has 1 atom stereocenters. The normalized spacial score (nSPS) is 12.0. The molecule has 0 bridgehead atoms. The fourth-order valence-corrected chi connectivity index (χ4v) is 4.81. The first-order chi connectivity index (χ1) is 17.3. The molecule has 0 aliphatic heterocycles. The zero-order chi connectivity index (χ0) is 25.8. The van der Waals surface area contributed by atoms with Crippen LogP contribution in [0.15, 0.2) is 76.0 Å². The van der Waals surface area contributed by atoms with Gasteiger partial charge in [0.2, 0.25) is 0 Å². The first-order valence-electron chi connectivity index (χ1n) is 12.0. The van der Waals surface area contributed by atoms with Crippen molar-refractivity contribution >= 4 is 32.7 Å². The van der Waals surface area contributed by atoms with Crippen LogP contribution in [0.4, 0.5) is 0 Å². The van der Waals surface area contributed by atoms with E-state index in [0.29, 0.717) is 41.9 Å². The van der Waals surface area contributed by atoms with Crippen LogP contribution in [-0.2, 0) is 4.74 Å². The number of amides is 1. The number of methoxy groups -OCH3 is 1. The fourth-order valence-electron chi connectivity index (χ4n) is 4.41. The molecule has 1 unspecified atom stereocenters. The van der Waals surface area contributed by atoms with Gasteiger partial charge in [-0.05, 0) is 73.9 Å². The van der Waals surface area contributed by atoms with Gasteiger partial charge in [0.1, 0.15) is 5.82 Å². The molecule has 3 aromatic carbocycles. The molecular weight excluding hydrogens is 518 g/mol. The predicted octanol–water partition coefficient (Wildman–Crippen LogP) is 6.00. The third-order valence-corrected chi connectivity index (χ3v) is 6.97. The number of aryl methyl sites for hydroxylation is 2. The van der Waals surface area contributed by atoms with Crippen LogP contribution < -0.4 is 5.56 Å². The second kappa shape index (κ2) is 11.2. The van der Waals surface area contributed by atoms with Gasteiger partial charge in [-0.2, -0.15) is 0 Å². The molecule has 36 heavy (non-hydrogen) atoms. The van der Waals surface area contributed by atoms with Crippen molar-refractivity contribution in [1.82, 2.24) is 14.5 Å². The molecule has 0 radical (unpaired) electrons. The summed E-state index contributed by atoms with van der Waals surface area (Å²) in [5.74, 6) is 0.387. The van der Waals surface area contributed by atoms with E-state index in [1.54, 1.807) is 34.8 Å². The Labute approximate surface area is 219 Å². The standard InChI is InChI=1S/C29H30BrN3O3/c1-5-26(32(15-16-36-4)28(34)21-9-8-10-22(30)18-21)27-31-25-12-7-6-11-24(25)29(35)33(27)23-14-13-19(2)20(3)17-23/h6-14,17-18,26H,5,15-16H2,1-4H3. The Hall–Kier alpha value is -3.29. The second-order valence-electron chi connectivity index (χ2n) is 8.82. The number of carbonyl (C=O) groups is 1. The molecule has 0 fully saturated rings. The van der Waals surface area contributed by atoms with E-state index in [1.165, 1.54) is 0 Å². The minimum Gasteiger partial charge on any atom is -0.383 e. The van der Waals surface area contributed by atoms with Crippen molar-refractivity contribution in [2.24, 2.45) is 0 Å². The molecule has 0 aliphatic carbocycles. The van der Waals surface area contributed by atoms with Gasteiger partial charge < -0.3 is 9.64 Å². The summed E-state index contributed by atoms with van der Waals surface area (Å²) in [6, 6.07) is 20.2. The van der Waals surface area contributed by atoms with Gasteiger partial charge in [0.25, 0.3) is 11.5 Å². The third kappa shape index (κ3) is 5.13. The first-order valence-corrected chi connectivity index (χ1v) is 12.8. The lowest BCUT2D eigenvalue weighted by molar-refractivity contribution is 0.0579. The molecule has 1 amide bonds. The number of benzene rings is 3. The average molecular weight is 548 g/mol. The molecule has 0 saturated heterocycles. The molecule has 0 N–H and O–H groups in total. The minimum absolute atomic E-state index is 0.144. The Morgan fingerprint density at radius 2 is 1.83 bits per heavy atom. The van der Waals surface area contributed by atoms with Crippen LogP contribution in [0.2, 0.25) is 0 Å². The van der Waals surface area contributed by atoms with Gasteiger partial charge in [-0.3, -0.25) is 14.2 Å². The van der Waals surface area contributed by atoms with Crippen LogP contribution in [0, 0.1) is 13.8 Å². The van der Waals surface area contributed by atoms with Crippen molar-refractivity contribution < 1.29 is 9.53 Å². The van der Waals surface area contributed by atoms with Crippen LogP contribution in [0.3, 0.4) is 0 Å². The molecule has 4 aromatic rings. The highest BCUT2D eigenvalue weighted by Crippen LogP contribution is 2.28. The number of carbonyl (C=O) groups excluding carboxylic acids is 1. The summed E-state index contributed by atoms with van der Waals surface area (Å²) in [7, 11) is 1.61. The highest BCUT2D eigenvalue weighted by Gasteiger charge is 2.29. The summed E-state index contributed by atoms with van der Waals surface area (Å²) in [5.41, 5.74) is 3.96. The molecule has 0 aliphatic rings. The van der Waals surface area contributed by atoms with E-state index in [2.05, 4.69) is 15.9 Å². The molecule has 6 nitrogen and oxygen atoms in total. The number of nitrogens with zero attached hydrogens (tertiary/aromatic N) is 3. The van der Waals surface area contributed by atoms with E-state index >= 15 is 0 Å². The molecule has 1 aromatic heterocycles. The quantitative estimate of drug-likeness (QED) is 0.271. The van der Waals surface area contributed by atoms with E-state index < -0.39 is 6.04 Å². The molecule has 7 heteroatoms. The topological polar surface area (TPSA) is 64.4 Å². The van der Waals surface area contributed by atoms with E-state index in [9.17, 15) is 9.59 Å². The zero-order valence-corrected chi connectivity index (χ0v) is 22.6. The van der Waals surface area contributed by atoms with Gasteiger partial charge in [0.05, 0.1) is 29.2 Å². The Morgan fingerprint density at radius 3 is 2.53 bits per heavy atom. The SMILES string of the molecule is CCC(c1nc2ccccc2c(=O)n1-c1ccc(C)c(C)c1)N(CCOC)C(=O)c1cccc(Br)c1. The van der Waals surface area contributed by atoms with Crippen LogP contribution in [0.25, 0.3) is 16.6 Å². The van der Waals surface area contributed by atoms with Gasteiger partial charge in [-0.15, -0.1) is 0 Å². The van der Waals surface area contributed by atoms with Crippen LogP contribution >= 0.6 is 15.9 Å². The van der Waals surface area contributed by atoms with Crippen molar-refractivity contribution in [3.63, 3.8) is 0 Å². The predicted molar refractivity (Wildman–Crippen MR) is 147 cm³/mol. The summed E-state index contributed by atoms with van der Waals surface area (Å²) in [5, 5.41) is 0.538. The Morgan fingerprint density at radius 1 is 1.06 bits per heavy atom. The third-order valence-electron chi connectivity index (χ3n) is 6.48. The lowest BCUT2D eigenvalue weighted by atomic mass is 10.1. The lowest BCUT2D eigenvalue weighted by Gasteiger charge is -2.32. The second-order valence-corrected chi connectivity index (χ2v) is 9.74. The summed E-state index contributed by atoms with van der Waals surface area (Å²) in [6.45, 7) is 6.79. The summed E-state index contributed by atoms with van der Waals surface area (Å²) in [4.78, 5) is 34.4.